The van der Waals surface area contributed by atoms with E-state index in [9.17, 15) is 14.4 Å². The molecule has 27 heavy (non-hydrogen) atoms. The predicted molar refractivity (Wildman–Crippen MR) is 102 cm³/mol. The summed E-state index contributed by atoms with van der Waals surface area (Å²) in [6, 6.07) is 16.4. The molecular weight excluding hydrogens is 344 g/mol. The van der Waals surface area contributed by atoms with Crippen LogP contribution < -0.4 is 10.6 Å². The molecule has 0 saturated carbocycles. The van der Waals surface area contributed by atoms with Crippen LogP contribution in [0.4, 0.5) is 0 Å². The van der Waals surface area contributed by atoms with Gasteiger partial charge in [0.05, 0.1) is 0 Å². The SMILES string of the molecule is CC(=O)NCc1ccc(C(=O)NC(CCC(=O)O)Cc2ccccc2)cc1. The highest BCUT2D eigenvalue weighted by atomic mass is 16.4. The van der Waals surface area contributed by atoms with Crippen molar-refractivity contribution in [2.24, 2.45) is 0 Å². The lowest BCUT2D eigenvalue weighted by Gasteiger charge is -2.18. The van der Waals surface area contributed by atoms with Crippen LogP contribution in [-0.2, 0) is 22.6 Å². The number of benzene rings is 2. The van der Waals surface area contributed by atoms with Crippen molar-refractivity contribution in [3.05, 3.63) is 71.3 Å². The zero-order chi connectivity index (χ0) is 19.6. The van der Waals surface area contributed by atoms with Gasteiger partial charge in [-0.1, -0.05) is 42.5 Å². The fraction of sp³-hybridized carbons (Fsp3) is 0.286. The van der Waals surface area contributed by atoms with E-state index in [4.69, 9.17) is 5.11 Å². The number of nitrogens with one attached hydrogen (secondary N) is 2. The van der Waals surface area contributed by atoms with E-state index in [-0.39, 0.29) is 24.3 Å². The zero-order valence-electron chi connectivity index (χ0n) is 15.3. The van der Waals surface area contributed by atoms with Crippen molar-refractivity contribution in [2.75, 3.05) is 0 Å². The topological polar surface area (TPSA) is 95.5 Å². The van der Waals surface area contributed by atoms with Gasteiger partial charge >= 0.3 is 5.97 Å². The molecule has 6 heteroatoms. The van der Waals surface area contributed by atoms with Gasteiger partial charge in [0.15, 0.2) is 0 Å². The van der Waals surface area contributed by atoms with Crippen molar-refractivity contribution < 1.29 is 19.5 Å². The third-order valence-electron chi connectivity index (χ3n) is 4.12. The van der Waals surface area contributed by atoms with E-state index < -0.39 is 5.97 Å². The molecular formula is C21H24N2O4. The first kappa shape index (κ1) is 20.2. The Labute approximate surface area is 158 Å². The number of hydrogen-bond acceptors (Lipinski definition) is 3. The van der Waals surface area contributed by atoms with E-state index >= 15 is 0 Å². The maximum absolute atomic E-state index is 12.5. The fourth-order valence-corrected chi connectivity index (χ4v) is 2.69. The van der Waals surface area contributed by atoms with Gasteiger partial charge in [0.25, 0.3) is 5.91 Å². The number of hydrogen-bond donors (Lipinski definition) is 3. The molecule has 2 rings (SSSR count). The average Bonchev–Trinajstić information content (AvgIpc) is 2.65. The van der Waals surface area contributed by atoms with Crippen molar-refractivity contribution in [3.63, 3.8) is 0 Å². The molecule has 1 atom stereocenters. The molecule has 0 aromatic heterocycles. The van der Waals surface area contributed by atoms with Crippen LogP contribution in [-0.4, -0.2) is 28.9 Å². The van der Waals surface area contributed by atoms with Crippen LogP contribution in [0.1, 0.15) is 41.3 Å². The number of carbonyl (C=O) groups excluding carboxylic acids is 2. The predicted octanol–water partition coefficient (Wildman–Crippen LogP) is 2.53. The zero-order valence-corrected chi connectivity index (χ0v) is 15.3. The van der Waals surface area contributed by atoms with Gasteiger partial charge in [0, 0.05) is 31.5 Å². The van der Waals surface area contributed by atoms with Crippen LogP contribution in [0.25, 0.3) is 0 Å². The smallest absolute Gasteiger partial charge is 0.303 e. The van der Waals surface area contributed by atoms with Crippen LogP contribution in [0.2, 0.25) is 0 Å². The summed E-state index contributed by atoms with van der Waals surface area (Å²) in [7, 11) is 0. The summed E-state index contributed by atoms with van der Waals surface area (Å²) in [5, 5.41) is 14.6. The van der Waals surface area contributed by atoms with Crippen LogP contribution in [0.15, 0.2) is 54.6 Å². The summed E-state index contributed by atoms with van der Waals surface area (Å²) in [4.78, 5) is 34.4. The second kappa shape index (κ2) is 10.1. The first-order valence-corrected chi connectivity index (χ1v) is 8.84. The molecule has 6 nitrogen and oxygen atoms in total. The summed E-state index contributed by atoms with van der Waals surface area (Å²) >= 11 is 0. The molecule has 0 fully saturated rings. The van der Waals surface area contributed by atoms with Gasteiger partial charge in [-0.15, -0.1) is 0 Å². The molecule has 2 aromatic rings. The first-order chi connectivity index (χ1) is 12.9. The summed E-state index contributed by atoms with van der Waals surface area (Å²) in [5.74, 6) is -1.24. The Morgan fingerprint density at radius 3 is 2.22 bits per heavy atom. The number of amides is 2. The number of carbonyl (C=O) groups is 3. The minimum Gasteiger partial charge on any atom is -0.481 e. The van der Waals surface area contributed by atoms with Crippen molar-refractivity contribution >= 4 is 17.8 Å². The molecule has 2 amide bonds. The van der Waals surface area contributed by atoms with Gasteiger partial charge < -0.3 is 15.7 Å². The number of carboxylic acid groups (broad SMARTS) is 1. The number of rotatable bonds is 9. The maximum atomic E-state index is 12.5. The van der Waals surface area contributed by atoms with Crippen LogP contribution in [0.5, 0.6) is 0 Å². The summed E-state index contributed by atoms with van der Waals surface area (Å²) < 4.78 is 0. The maximum Gasteiger partial charge on any atom is 0.303 e. The molecule has 1 unspecified atom stereocenters. The van der Waals surface area contributed by atoms with Crippen LogP contribution in [0.3, 0.4) is 0 Å². The van der Waals surface area contributed by atoms with Gasteiger partial charge in [0.1, 0.15) is 0 Å². The quantitative estimate of drug-likeness (QED) is 0.634. The van der Waals surface area contributed by atoms with E-state index in [0.717, 1.165) is 11.1 Å². The molecule has 0 spiro atoms. The standard InChI is InChI=1S/C21H24N2O4/c1-15(24)22-14-17-7-9-18(10-8-17)21(27)23-19(11-12-20(25)26)13-16-5-3-2-4-6-16/h2-10,19H,11-14H2,1H3,(H,22,24)(H,23,27)(H,25,26). The van der Waals surface area contributed by atoms with Gasteiger partial charge in [-0.05, 0) is 36.1 Å². The third-order valence-corrected chi connectivity index (χ3v) is 4.12. The fourth-order valence-electron chi connectivity index (χ4n) is 2.69. The Balaban J connectivity index is 2.00. The molecule has 0 radical (unpaired) electrons. The minimum absolute atomic E-state index is 0.00651. The van der Waals surface area contributed by atoms with Crippen molar-refractivity contribution in [1.82, 2.24) is 10.6 Å². The van der Waals surface area contributed by atoms with Crippen LogP contribution >= 0.6 is 0 Å². The number of aliphatic carboxylic acids is 1. The van der Waals surface area contributed by atoms with E-state index in [2.05, 4.69) is 10.6 Å². The Morgan fingerprint density at radius 1 is 0.963 bits per heavy atom. The Morgan fingerprint density at radius 2 is 1.63 bits per heavy atom. The molecule has 0 aliphatic heterocycles. The largest absolute Gasteiger partial charge is 0.481 e. The molecule has 142 valence electrons. The molecule has 2 aromatic carbocycles. The Bertz CT molecular complexity index is 773. The molecule has 0 bridgehead atoms. The van der Waals surface area contributed by atoms with Gasteiger partial charge in [-0.2, -0.15) is 0 Å². The second-order valence-electron chi connectivity index (χ2n) is 6.40. The minimum atomic E-state index is -0.885. The molecule has 3 N–H and O–H groups in total. The Kier molecular flexibility index (Phi) is 7.55. The summed E-state index contributed by atoms with van der Waals surface area (Å²) in [5.41, 5.74) is 2.43. The van der Waals surface area contributed by atoms with Crippen LogP contribution in [0, 0.1) is 0 Å². The second-order valence-corrected chi connectivity index (χ2v) is 6.40. The van der Waals surface area contributed by atoms with Gasteiger partial charge in [-0.3, -0.25) is 14.4 Å². The third kappa shape index (κ3) is 7.32. The summed E-state index contributed by atoms with van der Waals surface area (Å²) in [6.45, 7) is 1.86. The van der Waals surface area contributed by atoms with Crippen molar-refractivity contribution in [2.45, 2.75) is 38.8 Å². The highest BCUT2D eigenvalue weighted by molar-refractivity contribution is 5.94. The Hall–Kier alpha value is -3.15. The van der Waals surface area contributed by atoms with E-state index in [1.54, 1.807) is 24.3 Å². The molecule has 0 aliphatic rings. The van der Waals surface area contributed by atoms with E-state index in [1.807, 2.05) is 30.3 Å². The molecule has 0 aliphatic carbocycles. The van der Waals surface area contributed by atoms with Crippen molar-refractivity contribution in [1.29, 1.82) is 0 Å². The normalized spacial score (nSPS) is 11.4. The lowest BCUT2D eigenvalue weighted by atomic mass is 10.0. The van der Waals surface area contributed by atoms with E-state index in [1.165, 1.54) is 6.92 Å². The highest BCUT2D eigenvalue weighted by Gasteiger charge is 2.16. The van der Waals surface area contributed by atoms with Gasteiger partial charge in [0.2, 0.25) is 5.91 Å². The van der Waals surface area contributed by atoms with Gasteiger partial charge in [-0.25, -0.2) is 0 Å². The number of carboxylic acids is 1. The first-order valence-electron chi connectivity index (χ1n) is 8.84. The lowest BCUT2D eigenvalue weighted by molar-refractivity contribution is -0.137. The highest BCUT2D eigenvalue weighted by Crippen LogP contribution is 2.10. The molecule has 0 saturated heterocycles. The molecule has 0 heterocycles. The van der Waals surface area contributed by atoms with E-state index in [0.29, 0.717) is 24.9 Å². The summed E-state index contributed by atoms with van der Waals surface area (Å²) in [6.07, 6.45) is 0.921. The lowest BCUT2D eigenvalue weighted by Crippen LogP contribution is -2.37. The average molecular weight is 368 g/mol. The monoisotopic (exact) mass is 368 g/mol. The van der Waals surface area contributed by atoms with Crippen molar-refractivity contribution in [3.8, 4) is 0 Å².